The fourth-order valence-corrected chi connectivity index (χ4v) is 2.10. The minimum Gasteiger partial charge on any atom is -0.347 e. The molecule has 7 heteroatoms. The highest BCUT2D eigenvalue weighted by molar-refractivity contribution is 6.30. The zero-order chi connectivity index (χ0) is 16.1. The molecule has 0 aliphatic rings. The Labute approximate surface area is 133 Å². The molecule has 1 heterocycles. The topological polar surface area (TPSA) is 86.9 Å². The van der Waals surface area contributed by atoms with Crippen LogP contribution in [0.25, 0.3) is 0 Å². The van der Waals surface area contributed by atoms with E-state index in [9.17, 15) is 9.59 Å². The fraction of sp³-hybridized carbons (Fsp3) is 0.267. The van der Waals surface area contributed by atoms with E-state index in [-0.39, 0.29) is 24.8 Å². The molecule has 0 aliphatic carbocycles. The molecule has 0 saturated heterocycles. The van der Waals surface area contributed by atoms with E-state index in [2.05, 4.69) is 20.8 Å². The summed E-state index contributed by atoms with van der Waals surface area (Å²) in [6.45, 7) is 3.60. The van der Waals surface area contributed by atoms with Crippen molar-refractivity contribution < 1.29 is 9.59 Å². The maximum atomic E-state index is 11.9. The van der Waals surface area contributed by atoms with Gasteiger partial charge in [-0.25, -0.2) is 0 Å². The van der Waals surface area contributed by atoms with Crippen LogP contribution in [0.15, 0.2) is 24.3 Å². The first kappa shape index (κ1) is 16.0. The number of carbonyl (C=O) groups excluding carboxylic acids is 2. The first-order valence-electron chi connectivity index (χ1n) is 6.78. The van der Waals surface area contributed by atoms with Gasteiger partial charge in [0.05, 0.1) is 18.7 Å². The number of amides is 2. The van der Waals surface area contributed by atoms with Gasteiger partial charge in [0.2, 0.25) is 11.8 Å². The van der Waals surface area contributed by atoms with E-state index in [0.717, 1.165) is 17.0 Å². The lowest BCUT2D eigenvalue weighted by molar-refractivity contribution is -0.123. The molecule has 0 atom stereocenters. The van der Waals surface area contributed by atoms with Gasteiger partial charge >= 0.3 is 0 Å². The summed E-state index contributed by atoms with van der Waals surface area (Å²) in [5.41, 5.74) is 3.14. The monoisotopic (exact) mass is 320 g/mol. The molecule has 0 bridgehead atoms. The van der Waals surface area contributed by atoms with Gasteiger partial charge in [0, 0.05) is 22.0 Å². The highest BCUT2D eigenvalue weighted by Crippen LogP contribution is 2.13. The Kier molecular flexibility index (Phi) is 5.16. The first-order valence-corrected chi connectivity index (χ1v) is 7.16. The Morgan fingerprint density at radius 2 is 1.86 bits per heavy atom. The lowest BCUT2D eigenvalue weighted by Gasteiger charge is -2.07. The van der Waals surface area contributed by atoms with E-state index in [1.165, 1.54) is 0 Å². The summed E-state index contributed by atoms with van der Waals surface area (Å²) < 4.78 is 0. The van der Waals surface area contributed by atoms with Crippen molar-refractivity contribution in [3.8, 4) is 0 Å². The quantitative estimate of drug-likeness (QED) is 0.787. The van der Waals surface area contributed by atoms with Crippen LogP contribution < -0.4 is 10.6 Å². The van der Waals surface area contributed by atoms with Gasteiger partial charge in [0.15, 0.2) is 0 Å². The number of aryl methyl sites for hydroxylation is 2. The highest BCUT2D eigenvalue weighted by atomic mass is 35.5. The fourth-order valence-electron chi connectivity index (χ4n) is 1.97. The predicted octanol–water partition coefficient (Wildman–Crippen LogP) is 1.98. The number of hydrogen-bond donors (Lipinski definition) is 3. The molecular weight excluding hydrogens is 304 g/mol. The molecule has 0 radical (unpaired) electrons. The maximum absolute atomic E-state index is 11.9. The SMILES string of the molecule is Cc1n[nH]c(C)c1CC(=O)NCC(=O)Nc1ccc(Cl)cc1. The number of aromatic amines is 1. The molecule has 2 aromatic rings. The molecule has 3 N–H and O–H groups in total. The zero-order valence-electron chi connectivity index (χ0n) is 12.4. The first-order chi connectivity index (χ1) is 10.5. The van der Waals surface area contributed by atoms with Gasteiger partial charge in [0.25, 0.3) is 0 Å². The number of aromatic nitrogens is 2. The largest absolute Gasteiger partial charge is 0.347 e. The van der Waals surface area contributed by atoms with Crippen molar-refractivity contribution in [2.24, 2.45) is 0 Å². The molecule has 1 aromatic heterocycles. The number of anilines is 1. The van der Waals surface area contributed by atoms with E-state index < -0.39 is 0 Å². The second kappa shape index (κ2) is 7.09. The number of nitrogens with one attached hydrogen (secondary N) is 3. The van der Waals surface area contributed by atoms with Gasteiger partial charge in [-0.05, 0) is 38.1 Å². The Morgan fingerprint density at radius 3 is 2.45 bits per heavy atom. The smallest absolute Gasteiger partial charge is 0.243 e. The van der Waals surface area contributed by atoms with E-state index in [4.69, 9.17) is 11.6 Å². The van der Waals surface area contributed by atoms with Crippen LogP contribution in [0.1, 0.15) is 17.0 Å². The number of benzene rings is 1. The second-order valence-electron chi connectivity index (χ2n) is 4.92. The van der Waals surface area contributed by atoms with Crippen LogP contribution in [-0.2, 0) is 16.0 Å². The lowest BCUT2D eigenvalue weighted by Crippen LogP contribution is -2.33. The van der Waals surface area contributed by atoms with Crippen LogP contribution in [0.5, 0.6) is 0 Å². The van der Waals surface area contributed by atoms with E-state index in [1.807, 2.05) is 13.8 Å². The number of H-pyrrole nitrogens is 1. The molecule has 6 nitrogen and oxygen atoms in total. The van der Waals surface area contributed by atoms with Gasteiger partial charge in [-0.3, -0.25) is 14.7 Å². The molecular formula is C15H17ClN4O2. The lowest BCUT2D eigenvalue weighted by atomic mass is 10.1. The standard InChI is InChI=1S/C15H17ClN4O2/c1-9-13(10(2)20-19-9)7-14(21)17-8-15(22)18-12-5-3-11(16)4-6-12/h3-6H,7-8H2,1-2H3,(H,17,21)(H,18,22)(H,19,20). The zero-order valence-corrected chi connectivity index (χ0v) is 13.1. The molecule has 1 aromatic carbocycles. The minimum absolute atomic E-state index is 0.0859. The number of hydrogen-bond acceptors (Lipinski definition) is 3. The summed E-state index contributed by atoms with van der Waals surface area (Å²) in [6.07, 6.45) is 0.197. The molecule has 2 rings (SSSR count). The second-order valence-corrected chi connectivity index (χ2v) is 5.36. The van der Waals surface area contributed by atoms with Crippen LogP contribution in [0.2, 0.25) is 5.02 Å². The Morgan fingerprint density at radius 1 is 1.18 bits per heavy atom. The van der Waals surface area contributed by atoms with Crippen molar-refractivity contribution in [1.82, 2.24) is 15.5 Å². The third-order valence-corrected chi connectivity index (χ3v) is 3.44. The van der Waals surface area contributed by atoms with Gasteiger partial charge < -0.3 is 10.6 Å². The van der Waals surface area contributed by atoms with E-state index >= 15 is 0 Å². The normalized spacial score (nSPS) is 10.3. The molecule has 116 valence electrons. The number of rotatable bonds is 5. The van der Waals surface area contributed by atoms with Crippen LogP contribution in [0.3, 0.4) is 0 Å². The van der Waals surface area contributed by atoms with Crippen molar-refractivity contribution in [1.29, 1.82) is 0 Å². The number of nitrogens with zero attached hydrogens (tertiary/aromatic N) is 1. The van der Waals surface area contributed by atoms with Gasteiger partial charge in [-0.15, -0.1) is 0 Å². The number of carbonyl (C=O) groups is 2. The molecule has 0 saturated carbocycles. The molecule has 2 amide bonds. The third kappa shape index (κ3) is 4.33. The van der Waals surface area contributed by atoms with Crippen molar-refractivity contribution >= 4 is 29.1 Å². The molecule has 0 unspecified atom stereocenters. The molecule has 0 spiro atoms. The van der Waals surface area contributed by atoms with Gasteiger partial charge in [-0.2, -0.15) is 5.10 Å². The average molecular weight is 321 g/mol. The van der Waals surface area contributed by atoms with Crippen LogP contribution in [-0.4, -0.2) is 28.6 Å². The van der Waals surface area contributed by atoms with Crippen molar-refractivity contribution in [3.63, 3.8) is 0 Å². The van der Waals surface area contributed by atoms with Crippen molar-refractivity contribution in [2.75, 3.05) is 11.9 Å². The third-order valence-electron chi connectivity index (χ3n) is 3.19. The molecule has 22 heavy (non-hydrogen) atoms. The van der Waals surface area contributed by atoms with Crippen LogP contribution >= 0.6 is 11.6 Å². The van der Waals surface area contributed by atoms with Crippen LogP contribution in [0.4, 0.5) is 5.69 Å². The average Bonchev–Trinajstić information content (AvgIpc) is 2.79. The molecule has 0 fully saturated rings. The Hall–Kier alpha value is -2.34. The summed E-state index contributed by atoms with van der Waals surface area (Å²) in [6, 6.07) is 6.75. The van der Waals surface area contributed by atoms with E-state index in [1.54, 1.807) is 24.3 Å². The Balaban J connectivity index is 1.81. The minimum atomic E-state index is -0.295. The van der Waals surface area contributed by atoms with E-state index in [0.29, 0.717) is 10.7 Å². The van der Waals surface area contributed by atoms with Crippen molar-refractivity contribution in [3.05, 3.63) is 46.2 Å². The maximum Gasteiger partial charge on any atom is 0.243 e. The molecule has 0 aliphatic heterocycles. The Bertz CT molecular complexity index is 660. The predicted molar refractivity (Wildman–Crippen MR) is 84.9 cm³/mol. The summed E-state index contributed by atoms with van der Waals surface area (Å²) >= 11 is 5.77. The highest BCUT2D eigenvalue weighted by Gasteiger charge is 2.12. The van der Waals surface area contributed by atoms with Crippen LogP contribution in [0, 0.1) is 13.8 Å². The summed E-state index contributed by atoms with van der Waals surface area (Å²) in [7, 11) is 0. The van der Waals surface area contributed by atoms with Crippen molar-refractivity contribution in [2.45, 2.75) is 20.3 Å². The number of halogens is 1. The van der Waals surface area contributed by atoms with Gasteiger partial charge in [0.1, 0.15) is 0 Å². The summed E-state index contributed by atoms with van der Waals surface area (Å²) in [4.78, 5) is 23.6. The summed E-state index contributed by atoms with van der Waals surface area (Å²) in [5, 5.41) is 12.7. The van der Waals surface area contributed by atoms with Gasteiger partial charge in [-0.1, -0.05) is 11.6 Å². The summed E-state index contributed by atoms with van der Waals surface area (Å²) in [5.74, 6) is -0.518.